The SMILES string of the molecule is COC(=O)C(C)C(O)(c1ccccc1)C(F)(F)F. The van der Waals surface area contributed by atoms with Crippen molar-refractivity contribution in [2.45, 2.75) is 18.7 Å². The van der Waals surface area contributed by atoms with Gasteiger partial charge in [-0.2, -0.15) is 13.2 Å². The molecule has 0 heterocycles. The number of hydrogen-bond donors (Lipinski definition) is 1. The van der Waals surface area contributed by atoms with Gasteiger partial charge in [0.05, 0.1) is 13.0 Å². The van der Waals surface area contributed by atoms with Crippen LogP contribution in [-0.2, 0) is 15.1 Å². The van der Waals surface area contributed by atoms with E-state index in [0.29, 0.717) is 0 Å². The van der Waals surface area contributed by atoms with Gasteiger partial charge in [0.25, 0.3) is 0 Å². The number of carbonyl (C=O) groups excluding carboxylic acids is 1. The summed E-state index contributed by atoms with van der Waals surface area (Å²) in [7, 11) is 0.973. The van der Waals surface area contributed by atoms with Crippen molar-refractivity contribution in [2.75, 3.05) is 7.11 Å². The highest BCUT2D eigenvalue weighted by Crippen LogP contribution is 2.44. The first kappa shape index (κ1) is 14.5. The summed E-state index contributed by atoms with van der Waals surface area (Å²) in [4.78, 5) is 11.3. The summed E-state index contributed by atoms with van der Waals surface area (Å²) in [5.41, 5.74) is -3.66. The van der Waals surface area contributed by atoms with E-state index in [-0.39, 0.29) is 0 Å². The number of methoxy groups -OCH3 is 1. The second-order valence-electron chi connectivity index (χ2n) is 3.88. The van der Waals surface area contributed by atoms with Crippen LogP contribution in [0, 0.1) is 5.92 Å². The van der Waals surface area contributed by atoms with Gasteiger partial charge >= 0.3 is 12.1 Å². The number of carbonyl (C=O) groups is 1. The molecule has 0 fully saturated rings. The third-order valence-corrected chi connectivity index (χ3v) is 2.83. The number of esters is 1. The van der Waals surface area contributed by atoms with Crippen LogP contribution in [0.1, 0.15) is 12.5 Å². The molecule has 0 spiro atoms. The molecule has 0 aliphatic rings. The molecule has 0 radical (unpaired) electrons. The first-order chi connectivity index (χ1) is 8.25. The van der Waals surface area contributed by atoms with Gasteiger partial charge in [0.15, 0.2) is 5.60 Å². The molecule has 2 unspecified atom stereocenters. The molecule has 1 aromatic rings. The van der Waals surface area contributed by atoms with Crippen molar-refractivity contribution in [2.24, 2.45) is 5.92 Å². The largest absolute Gasteiger partial charge is 0.469 e. The van der Waals surface area contributed by atoms with E-state index in [1.165, 1.54) is 18.2 Å². The molecule has 3 nitrogen and oxygen atoms in total. The van der Waals surface area contributed by atoms with Gasteiger partial charge in [0.1, 0.15) is 0 Å². The molecule has 6 heteroatoms. The Morgan fingerprint density at radius 3 is 2.17 bits per heavy atom. The molecule has 1 rings (SSSR count). The number of halogens is 3. The van der Waals surface area contributed by atoms with Crippen LogP contribution in [0.15, 0.2) is 30.3 Å². The first-order valence-electron chi connectivity index (χ1n) is 5.17. The molecule has 0 aromatic heterocycles. The van der Waals surface area contributed by atoms with Crippen molar-refractivity contribution in [3.8, 4) is 0 Å². The van der Waals surface area contributed by atoms with Crippen LogP contribution < -0.4 is 0 Å². The monoisotopic (exact) mass is 262 g/mol. The maximum Gasteiger partial charge on any atom is 0.422 e. The van der Waals surface area contributed by atoms with E-state index >= 15 is 0 Å². The zero-order valence-electron chi connectivity index (χ0n) is 9.86. The Labute approximate surface area is 102 Å². The molecule has 1 N–H and O–H groups in total. The molecule has 0 aliphatic heterocycles. The Balaban J connectivity index is 3.33. The summed E-state index contributed by atoms with van der Waals surface area (Å²) in [6.45, 7) is 0.978. The van der Waals surface area contributed by atoms with Gasteiger partial charge in [0, 0.05) is 0 Å². The molecule has 0 aliphatic carbocycles. The van der Waals surface area contributed by atoms with Gasteiger partial charge in [-0.05, 0) is 12.5 Å². The van der Waals surface area contributed by atoms with E-state index in [2.05, 4.69) is 4.74 Å². The lowest BCUT2D eigenvalue weighted by Crippen LogP contribution is -2.50. The van der Waals surface area contributed by atoms with Gasteiger partial charge in [0.2, 0.25) is 0 Å². The smallest absolute Gasteiger partial charge is 0.422 e. The summed E-state index contributed by atoms with van der Waals surface area (Å²) in [5, 5.41) is 9.96. The third-order valence-electron chi connectivity index (χ3n) is 2.83. The van der Waals surface area contributed by atoms with Crippen molar-refractivity contribution in [3.05, 3.63) is 35.9 Å². The lowest BCUT2D eigenvalue weighted by Gasteiger charge is -2.34. The number of ether oxygens (including phenoxy) is 1. The molecule has 0 saturated carbocycles. The minimum Gasteiger partial charge on any atom is -0.469 e. The number of rotatable bonds is 3. The van der Waals surface area contributed by atoms with E-state index in [0.717, 1.165) is 26.2 Å². The predicted molar refractivity (Wildman–Crippen MR) is 57.6 cm³/mol. The van der Waals surface area contributed by atoms with E-state index in [1.807, 2.05) is 0 Å². The fraction of sp³-hybridized carbons (Fsp3) is 0.417. The fourth-order valence-corrected chi connectivity index (χ4v) is 1.70. The Kier molecular flexibility index (Phi) is 4.01. The molecule has 0 amide bonds. The van der Waals surface area contributed by atoms with Gasteiger partial charge in [-0.15, -0.1) is 0 Å². The van der Waals surface area contributed by atoms with Crippen LogP contribution in [0.25, 0.3) is 0 Å². The minimum atomic E-state index is -4.98. The van der Waals surface area contributed by atoms with E-state index < -0.39 is 29.2 Å². The minimum absolute atomic E-state index is 0.393. The van der Waals surface area contributed by atoms with Gasteiger partial charge in [-0.1, -0.05) is 30.3 Å². The lowest BCUT2D eigenvalue weighted by atomic mass is 9.81. The molecular formula is C12H13F3O3. The molecule has 0 saturated heterocycles. The topological polar surface area (TPSA) is 46.5 Å². The number of benzene rings is 1. The Bertz CT molecular complexity index is 416. The standard InChI is InChI=1S/C12H13F3O3/c1-8(10(16)18-2)11(17,12(13,14)15)9-6-4-3-5-7-9/h3-8,17H,1-2H3. The van der Waals surface area contributed by atoms with Crippen molar-refractivity contribution in [1.82, 2.24) is 0 Å². The maximum absolute atomic E-state index is 13.1. The zero-order chi connectivity index (χ0) is 14.0. The molecule has 0 bridgehead atoms. The number of alkyl halides is 3. The maximum atomic E-state index is 13.1. The van der Waals surface area contributed by atoms with Crippen LogP contribution >= 0.6 is 0 Å². The molecule has 18 heavy (non-hydrogen) atoms. The van der Waals surface area contributed by atoms with Crippen molar-refractivity contribution < 1.29 is 27.8 Å². The summed E-state index contributed by atoms with van der Waals surface area (Å²) in [6.07, 6.45) is -4.98. The summed E-state index contributed by atoms with van der Waals surface area (Å²) >= 11 is 0. The van der Waals surface area contributed by atoms with Crippen LogP contribution in [0.2, 0.25) is 0 Å². The number of aliphatic hydroxyl groups is 1. The predicted octanol–water partition coefficient (Wildman–Crippen LogP) is 2.25. The molecular weight excluding hydrogens is 249 g/mol. The molecule has 100 valence electrons. The molecule has 2 atom stereocenters. The Hall–Kier alpha value is -1.56. The quantitative estimate of drug-likeness (QED) is 0.850. The van der Waals surface area contributed by atoms with Crippen LogP contribution in [0.4, 0.5) is 13.2 Å². The van der Waals surface area contributed by atoms with Crippen molar-refractivity contribution in [3.63, 3.8) is 0 Å². The van der Waals surface area contributed by atoms with Crippen molar-refractivity contribution >= 4 is 5.97 Å². The lowest BCUT2D eigenvalue weighted by molar-refractivity contribution is -0.284. The van der Waals surface area contributed by atoms with Gasteiger partial charge in [-0.3, -0.25) is 4.79 Å². The zero-order valence-corrected chi connectivity index (χ0v) is 9.86. The van der Waals surface area contributed by atoms with E-state index in [9.17, 15) is 23.1 Å². The van der Waals surface area contributed by atoms with Crippen LogP contribution in [0.5, 0.6) is 0 Å². The highest BCUT2D eigenvalue weighted by molar-refractivity contribution is 5.74. The fourth-order valence-electron chi connectivity index (χ4n) is 1.70. The molecule has 1 aromatic carbocycles. The third kappa shape index (κ3) is 2.33. The van der Waals surface area contributed by atoms with E-state index in [4.69, 9.17) is 0 Å². The second-order valence-corrected chi connectivity index (χ2v) is 3.88. The highest BCUT2D eigenvalue weighted by atomic mass is 19.4. The number of hydrogen-bond acceptors (Lipinski definition) is 3. The average molecular weight is 262 g/mol. The Morgan fingerprint density at radius 1 is 1.28 bits per heavy atom. The summed E-state index contributed by atoms with van der Waals surface area (Å²) in [5.74, 6) is -2.89. The van der Waals surface area contributed by atoms with Gasteiger partial charge < -0.3 is 9.84 Å². The normalized spacial score (nSPS) is 16.8. The summed E-state index contributed by atoms with van der Waals surface area (Å²) in [6, 6.07) is 6.47. The van der Waals surface area contributed by atoms with E-state index in [1.54, 1.807) is 0 Å². The van der Waals surface area contributed by atoms with Crippen LogP contribution in [0.3, 0.4) is 0 Å². The average Bonchev–Trinajstić information content (AvgIpc) is 2.35. The van der Waals surface area contributed by atoms with Gasteiger partial charge in [-0.25, -0.2) is 0 Å². The second kappa shape index (κ2) is 4.97. The Morgan fingerprint density at radius 2 is 1.78 bits per heavy atom. The first-order valence-corrected chi connectivity index (χ1v) is 5.17. The summed E-state index contributed by atoms with van der Waals surface area (Å²) < 4.78 is 43.5. The van der Waals surface area contributed by atoms with Crippen molar-refractivity contribution in [1.29, 1.82) is 0 Å². The van der Waals surface area contributed by atoms with Crippen LogP contribution in [-0.4, -0.2) is 24.4 Å². The highest BCUT2D eigenvalue weighted by Gasteiger charge is 2.60.